The van der Waals surface area contributed by atoms with Crippen LogP contribution < -0.4 is 0 Å². The van der Waals surface area contributed by atoms with E-state index in [-0.39, 0.29) is 6.61 Å². The molecule has 0 aliphatic heterocycles. The normalized spacial score (nSPS) is 11.7. The molecule has 0 radical (unpaired) electrons. The van der Waals surface area contributed by atoms with Gasteiger partial charge in [-0.05, 0) is 38.1 Å². The number of carbonyl (C=O) groups excluding carboxylic acids is 2. The third kappa shape index (κ3) is 5.07. The maximum Gasteiger partial charge on any atom is 0.338 e. The molecule has 1 unspecified atom stereocenters. The Labute approximate surface area is 123 Å². The Morgan fingerprint density at radius 2 is 1.86 bits per heavy atom. The van der Waals surface area contributed by atoms with Gasteiger partial charge in [0, 0.05) is 6.21 Å². The lowest BCUT2D eigenvalue weighted by Crippen LogP contribution is -2.17. The van der Waals surface area contributed by atoms with Crippen LogP contribution in [0.15, 0.2) is 29.3 Å². The quantitative estimate of drug-likeness (QED) is 0.591. The molecule has 0 N–H and O–H groups in total. The van der Waals surface area contributed by atoms with Crippen LogP contribution in [0.3, 0.4) is 0 Å². The minimum atomic E-state index is -1.05. The molecule has 1 aromatic carbocycles. The summed E-state index contributed by atoms with van der Waals surface area (Å²) in [6.07, 6.45) is 1.22. The molecule has 1 aromatic rings. The number of nitriles is 1. The highest BCUT2D eigenvalue weighted by Crippen LogP contribution is 2.14. The molecule has 0 saturated heterocycles. The van der Waals surface area contributed by atoms with Gasteiger partial charge in [0.25, 0.3) is 0 Å². The average molecular weight is 288 g/mol. The molecule has 0 spiro atoms. The van der Waals surface area contributed by atoms with Gasteiger partial charge in [0.1, 0.15) is 0 Å². The molecule has 0 aromatic heterocycles. The third-order valence-electron chi connectivity index (χ3n) is 2.43. The van der Waals surface area contributed by atoms with Gasteiger partial charge in [-0.1, -0.05) is 0 Å². The highest BCUT2D eigenvalue weighted by molar-refractivity contribution is 5.94. The Hall–Kier alpha value is -2.68. The largest absolute Gasteiger partial charge is 0.465 e. The minimum Gasteiger partial charge on any atom is -0.465 e. The van der Waals surface area contributed by atoms with Gasteiger partial charge in [0.05, 0.1) is 30.5 Å². The lowest BCUT2D eigenvalue weighted by Gasteiger charge is -2.03. The fourth-order valence-corrected chi connectivity index (χ4v) is 1.44. The second kappa shape index (κ2) is 8.48. The van der Waals surface area contributed by atoms with E-state index < -0.39 is 17.9 Å². The van der Waals surface area contributed by atoms with Crippen LogP contribution >= 0.6 is 0 Å². The number of hydrogen-bond acceptors (Lipinski definition) is 6. The molecular weight excluding hydrogens is 272 g/mol. The van der Waals surface area contributed by atoms with Gasteiger partial charge in [-0.25, -0.2) is 4.79 Å². The molecule has 0 bridgehead atoms. The molecule has 21 heavy (non-hydrogen) atoms. The van der Waals surface area contributed by atoms with Crippen LogP contribution in [-0.2, 0) is 14.3 Å². The molecule has 0 aliphatic carbocycles. The number of benzene rings is 1. The maximum absolute atomic E-state index is 11.5. The first kappa shape index (κ1) is 16.4. The van der Waals surface area contributed by atoms with Crippen LogP contribution in [0.5, 0.6) is 0 Å². The molecule has 110 valence electrons. The summed E-state index contributed by atoms with van der Waals surface area (Å²) in [5.41, 5.74) is 0.936. The predicted octanol–water partition coefficient (Wildman–Crippen LogP) is 2.27. The van der Waals surface area contributed by atoms with Crippen LogP contribution in [-0.4, -0.2) is 31.4 Å². The molecule has 1 atom stereocenters. The monoisotopic (exact) mass is 288 g/mol. The van der Waals surface area contributed by atoms with E-state index in [1.54, 1.807) is 44.2 Å². The van der Waals surface area contributed by atoms with Crippen molar-refractivity contribution < 1.29 is 19.1 Å². The number of esters is 2. The molecule has 0 saturated carbocycles. The summed E-state index contributed by atoms with van der Waals surface area (Å²) in [4.78, 5) is 26.9. The topological polar surface area (TPSA) is 88.8 Å². The zero-order chi connectivity index (χ0) is 15.7. The van der Waals surface area contributed by atoms with Crippen molar-refractivity contribution in [2.75, 3.05) is 13.2 Å². The van der Waals surface area contributed by atoms with Gasteiger partial charge in [-0.2, -0.15) is 5.26 Å². The van der Waals surface area contributed by atoms with Crippen molar-refractivity contribution in [1.29, 1.82) is 5.26 Å². The number of aliphatic imine (C=N–C) groups is 1. The van der Waals surface area contributed by atoms with E-state index in [2.05, 4.69) is 4.99 Å². The highest BCUT2D eigenvalue weighted by atomic mass is 16.5. The van der Waals surface area contributed by atoms with Crippen molar-refractivity contribution >= 4 is 23.8 Å². The zero-order valence-corrected chi connectivity index (χ0v) is 11.9. The summed E-state index contributed by atoms with van der Waals surface area (Å²) in [5.74, 6) is -2.09. The first-order valence-electron chi connectivity index (χ1n) is 6.50. The highest BCUT2D eigenvalue weighted by Gasteiger charge is 2.16. The molecule has 0 aliphatic rings. The second-order valence-electron chi connectivity index (χ2n) is 3.90. The maximum atomic E-state index is 11.5. The van der Waals surface area contributed by atoms with Gasteiger partial charge >= 0.3 is 11.9 Å². The SMILES string of the molecule is CCOC(=O)c1ccc(N=CC(C#N)C(=O)OCC)cc1. The van der Waals surface area contributed by atoms with Gasteiger partial charge < -0.3 is 9.47 Å². The van der Waals surface area contributed by atoms with E-state index in [0.29, 0.717) is 17.9 Å². The van der Waals surface area contributed by atoms with Crippen molar-refractivity contribution in [3.05, 3.63) is 29.8 Å². The Morgan fingerprint density at radius 1 is 1.24 bits per heavy atom. The molecule has 0 amide bonds. The van der Waals surface area contributed by atoms with Crippen molar-refractivity contribution in [2.24, 2.45) is 10.9 Å². The first-order valence-corrected chi connectivity index (χ1v) is 6.50. The molecule has 1 rings (SSSR count). The van der Waals surface area contributed by atoms with E-state index in [1.165, 1.54) is 6.21 Å². The van der Waals surface area contributed by atoms with E-state index in [0.717, 1.165) is 0 Å². The summed E-state index contributed by atoms with van der Waals surface area (Å²) in [6, 6.07) is 8.14. The van der Waals surface area contributed by atoms with Gasteiger partial charge in [0.2, 0.25) is 0 Å². The third-order valence-corrected chi connectivity index (χ3v) is 2.43. The van der Waals surface area contributed by atoms with E-state index >= 15 is 0 Å². The predicted molar refractivity (Wildman–Crippen MR) is 76.3 cm³/mol. The fourth-order valence-electron chi connectivity index (χ4n) is 1.44. The standard InChI is InChI=1S/C15H16N2O4/c1-3-20-14(18)11-5-7-13(8-6-11)17-10-12(9-16)15(19)21-4-2/h5-8,10,12H,3-4H2,1-2H3. The van der Waals surface area contributed by atoms with Crippen LogP contribution in [0.2, 0.25) is 0 Å². The second-order valence-corrected chi connectivity index (χ2v) is 3.90. The van der Waals surface area contributed by atoms with Gasteiger partial charge in [-0.3, -0.25) is 9.79 Å². The number of rotatable bonds is 6. The van der Waals surface area contributed by atoms with Gasteiger partial charge in [0.15, 0.2) is 5.92 Å². The van der Waals surface area contributed by atoms with E-state index in [1.807, 2.05) is 0 Å². The summed E-state index contributed by atoms with van der Waals surface area (Å²) < 4.78 is 9.61. The fraction of sp³-hybridized carbons (Fsp3) is 0.333. The van der Waals surface area contributed by atoms with Crippen molar-refractivity contribution in [3.8, 4) is 6.07 Å². The Kier molecular flexibility index (Phi) is 6.61. The number of nitrogens with zero attached hydrogens (tertiary/aromatic N) is 2. The van der Waals surface area contributed by atoms with E-state index in [4.69, 9.17) is 14.7 Å². The molecule has 0 heterocycles. The van der Waals surface area contributed by atoms with Crippen LogP contribution in [0.4, 0.5) is 5.69 Å². The minimum absolute atomic E-state index is 0.207. The first-order chi connectivity index (χ1) is 10.1. The summed E-state index contributed by atoms with van der Waals surface area (Å²) in [6.45, 7) is 3.91. The molecular formula is C15H16N2O4. The lowest BCUT2D eigenvalue weighted by atomic mass is 10.2. The van der Waals surface area contributed by atoms with Crippen molar-refractivity contribution in [2.45, 2.75) is 13.8 Å². The summed E-state index contributed by atoms with van der Waals surface area (Å²) in [5, 5.41) is 8.87. The number of carbonyl (C=O) groups is 2. The van der Waals surface area contributed by atoms with Crippen LogP contribution in [0.25, 0.3) is 0 Å². The van der Waals surface area contributed by atoms with Crippen LogP contribution in [0.1, 0.15) is 24.2 Å². The van der Waals surface area contributed by atoms with Crippen molar-refractivity contribution in [3.63, 3.8) is 0 Å². The Balaban J connectivity index is 2.74. The van der Waals surface area contributed by atoms with Crippen molar-refractivity contribution in [1.82, 2.24) is 0 Å². The molecule has 6 heteroatoms. The van der Waals surface area contributed by atoms with Gasteiger partial charge in [-0.15, -0.1) is 0 Å². The molecule has 0 fully saturated rings. The molecule has 6 nitrogen and oxygen atoms in total. The smallest absolute Gasteiger partial charge is 0.338 e. The Morgan fingerprint density at radius 3 is 2.38 bits per heavy atom. The number of ether oxygens (including phenoxy) is 2. The van der Waals surface area contributed by atoms with E-state index in [9.17, 15) is 9.59 Å². The summed E-state index contributed by atoms with van der Waals surface area (Å²) in [7, 11) is 0. The number of hydrogen-bond donors (Lipinski definition) is 0. The Bertz CT molecular complexity index is 558. The average Bonchev–Trinajstić information content (AvgIpc) is 2.49. The van der Waals surface area contributed by atoms with Crippen LogP contribution in [0, 0.1) is 17.2 Å². The summed E-state index contributed by atoms with van der Waals surface area (Å²) >= 11 is 0. The zero-order valence-electron chi connectivity index (χ0n) is 11.9. The lowest BCUT2D eigenvalue weighted by molar-refractivity contribution is -0.143.